The third-order valence-electron chi connectivity index (χ3n) is 3.67. The van der Waals surface area contributed by atoms with Crippen molar-refractivity contribution in [2.75, 3.05) is 6.61 Å². The average molecular weight is 230 g/mol. The molecule has 0 aromatic rings. The second-order valence-corrected chi connectivity index (χ2v) is 5.31. The van der Waals surface area contributed by atoms with Crippen LogP contribution >= 0.6 is 8.20 Å². The molecule has 2 saturated heterocycles. The summed E-state index contributed by atoms with van der Waals surface area (Å²) >= 11 is 0. The van der Waals surface area contributed by atoms with Gasteiger partial charge in [-0.3, -0.25) is 0 Å². The molecule has 2 fully saturated rings. The van der Waals surface area contributed by atoms with E-state index in [0.29, 0.717) is 24.5 Å². The highest BCUT2D eigenvalue weighted by atomic mass is 31.1. The van der Waals surface area contributed by atoms with Crippen molar-refractivity contribution in [2.24, 2.45) is 11.8 Å². The fourth-order valence-electron chi connectivity index (χ4n) is 2.33. The SMILES string of the molecule is C=PC1OCC2OC(C)C(C)C(C)C2O1. The topological polar surface area (TPSA) is 27.7 Å². The van der Waals surface area contributed by atoms with Gasteiger partial charge in [-0.15, -0.1) is 0 Å². The molecular weight excluding hydrogens is 211 g/mol. The van der Waals surface area contributed by atoms with Crippen LogP contribution in [0.4, 0.5) is 0 Å². The molecule has 0 saturated carbocycles. The van der Waals surface area contributed by atoms with Gasteiger partial charge in [0.1, 0.15) is 6.10 Å². The molecule has 0 radical (unpaired) electrons. The Bertz CT molecular complexity index is 244. The summed E-state index contributed by atoms with van der Waals surface area (Å²) in [7, 11) is 0.896. The summed E-state index contributed by atoms with van der Waals surface area (Å²) < 4.78 is 17.2. The standard InChI is InChI=1S/C11H19O3P/c1-6-7(2)10-9(13-8(6)3)5-12-11(14-10)15-4/h6-11H,4-5H2,1-3H3. The Kier molecular flexibility index (Phi) is 3.46. The van der Waals surface area contributed by atoms with E-state index < -0.39 is 0 Å². The van der Waals surface area contributed by atoms with Crippen molar-refractivity contribution in [3.05, 3.63) is 0 Å². The minimum absolute atomic E-state index is 0.101. The average Bonchev–Trinajstić information content (AvgIpc) is 2.26. The lowest BCUT2D eigenvalue weighted by molar-refractivity contribution is -0.278. The van der Waals surface area contributed by atoms with Crippen LogP contribution in [-0.2, 0) is 14.2 Å². The fourth-order valence-corrected chi connectivity index (χ4v) is 2.75. The lowest BCUT2D eigenvalue weighted by Gasteiger charge is -2.47. The first-order valence-corrected chi connectivity index (χ1v) is 6.66. The van der Waals surface area contributed by atoms with E-state index in [1.807, 2.05) is 0 Å². The lowest BCUT2D eigenvalue weighted by Crippen LogP contribution is -2.55. The summed E-state index contributed by atoms with van der Waals surface area (Å²) in [5.41, 5.74) is 0. The Balaban J connectivity index is 2.08. The zero-order valence-corrected chi connectivity index (χ0v) is 10.4. The van der Waals surface area contributed by atoms with Crippen LogP contribution in [0.2, 0.25) is 0 Å². The predicted molar refractivity (Wildman–Crippen MR) is 61.3 cm³/mol. The van der Waals surface area contributed by atoms with Gasteiger partial charge in [0.2, 0.25) is 0 Å². The molecule has 0 N–H and O–H groups in total. The van der Waals surface area contributed by atoms with E-state index in [1.54, 1.807) is 0 Å². The Morgan fingerprint density at radius 2 is 1.87 bits per heavy atom. The summed E-state index contributed by atoms with van der Waals surface area (Å²) in [6.45, 7) is 7.23. The molecule has 6 atom stereocenters. The second-order valence-electron chi connectivity index (χ2n) is 4.52. The first kappa shape index (κ1) is 11.5. The number of ether oxygens (including phenoxy) is 3. The minimum Gasteiger partial charge on any atom is -0.370 e. The quantitative estimate of drug-likeness (QED) is 0.646. The molecule has 86 valence electrons. The number of rotatable bonds is 1. The number of hydrogen-bond donors (Lipinski definition) is 0. The van der Waals surface area contributed by atoms with E-state index in [4.69, 9.17) is 14.2 Å². The van der Waals surface area contributed by atoms with Gasteiger partial charge in [-0.05, 0) is 27.0 Å². The molecular formula is C11H19O3P. The normalized spacial score (nSPS) is 51.4. The van der Waals surface area contributed by atoms with Gasteiger partial charge in [0, 0.05) is 0 Å². The smallest absolute Gasteiger partial charge is 0.200 e. The van der Waals surface area contributed by atoms with Crippen molar-refractivity contribution < 1.29 is 14.2 Å². The van der Waals surface area contributed by atoms with Crippen molar-refractivity contribution in [2.45, 2.75) is 45.1 Å². The van der Waals surface area contributed by atoms with Gasteiger partial charge >= 0.3 is 0 Å². The summed E-state index contributed by atoms with van der Waals surface area (Å²) in [6, 6.07) is -0.169. The molecule has 0 aliphatic carbocycles. The summed E-state index contributed by atoms with van der Waals surface area (Å²) in [4.78, 5) is 0. The van der Waals surface area contributed by atoms with Crippen LogP contribution in [0.5, 0.6) is 0 Å². The Labute approximate surface area is 92.9 Å². The molecule has 6 unspecified atom stereocenters. The van der Waals surface area contributed by atoms with Crippen LogP contribution in [0.25, 0.3) is 0 Å². The number of hydrogen-bond acceptors (Lipinski definition) is 3. The highest BCUT2D eigenvalue weighted by molar-refractivity contribution is 7.36. The van der Waals surface area contributed by atoms with Crippen molar-refractivity contribution >= 4 is 14.5 Å². The zero-order chi connectivity index (χ0) is 11.0. The molecule has 0 aromatic heterocycles. The first-order valence-electron chi connectivity index (χ1n) is 5.52. The van der Waals surface area contributed by atoms with Gasteiger partial charge in [-0.25, -0.2) is 0 Å². The van der Waals surface area contributed by atoms with E-state index in [-0.39, 0.29) is 18.2 Å². The molecule has 0 aromatic carbocycles. The Morgan fingerprint density at radius 3 is 2.53 bits per heavy atom. The van der Waals surface area contributed by atoms with Crippen molar-refractivity contribution in [3.8, 4) is 0 Å². The van der Waals surface area contributed by atoms with E-state index in [1.165, 1.54) is 0 Å². The molecule has 0 bridgehead atoms. The molecule has 0 amide bonds. The third kappa shape index (κ3) is 2.12. The van der Waals surface area contributed by atoms with Crippen LogP contribution in [0, 0.1) is 11.8 Å². The lowest BCUT2D eigenvalue weighted by atomic mass is 9.82. The maximum atomic E-state index is 5.89. The van der Waals surface area contributed by atoms with Gasteiger partial charge in [0.15, 0.2) is 6.03 Å². The summed E-state index contributed by atoms with van der Waals surface area (Å²) in [6.07, 6.45) is 4.35. The van der Waals surface area contributed by atoms with Gasteiger partial charge < -0.3 is 14.2 Å². The van der Waals surface area contributed by atoms with E-state index in [0.717, 1.165) is 8.20 Å². The first-order chi connectivity index (χ1) is 7.13. The molecule has 2 heterocycles. The number of fused-ring (bicyclic) bond motifs is 1. The highest BCUT2D eigenvalue weighted by Crippen LogP contribution is 2.36. The molecule has 2 aliphatic rings. The van der Waals surface area contributed by atoms with E-state index >= 15 is 0 Å². The van der Waals surface area contributed by atoms with Crippen LogP contribution in [-0.4, -0.2) is 37.2 Å². The molecule has 2 rings (SSSR count). The fraction of sp³-hybridized carbons (Fsp3) is 0.909. The van der Waals surface area contributed by atoms with Crippen molar-refractivity contribution in [1.82, 2.24) is 0 Å². The van der Waals surface area contributed by atoms with Gasteiger partial charge in [-0.1, -0.05) is 20.1 Å². The van der Waals surface area contributed by atoms with Crippen LogP contribution < -0.4 is 0 Å². The van der Waals surface area contributed by atoms with Crippen molar-refractivity contribution in [1.29, 1.82) is 0 Å². The maximum Gasteiger partial charge on any atom is 0.200 e. The minimum atomic E-state index is -0.169. The summed E-state index contributed by atoms with van der Waals surface area (Å²) in [5, 5.41) is 0. The van der Waals surface area contributed by atoms with Gasteiger partial charge in [0.25, 0.3) is 0 Å². The molecule has 15 heavy (non-hydrogen) atoms. The summed E-state index contributed by atoms with van der Waals surface area (Å²) in [5.74, 6) is 1.05. The Morgan fingerprint density at radius 1 is 1.13 bits per heavy atom. The largest absolute Gasteiger partial charge is 0.370 e. The Hall–Kier alpha value is 0.0500. The van der Waals surface area contributed by atoms with Gasteiger partial charge in [0.05, 0.1) is 18.8 Å². The third-order valence-corrected chi connectivity index (χ3v) is 4.24. The van der Waals surface area contributed by atoms with E-state index in [9.17, 15) is 0 Å². The zero-order valence-electron chi connectivity index (χ0n) is 9.55. The monoisotopic (exact) mass is 230 g/mol. The second kappa shape index (κ2) is 4.50. The maximum absolute atomic E-state index is 5.89. The van der Waals surface area contributed by atoms with E-state index in [2.05, 4.69) is 27.1 Å². The molecule has 0 spiro atoms. The van der Waals surface area contributed by atoms with Crippen LogP contribution in [0.15, 0.2) is 0 Å². The highest BCUT2D eigenvalue weighted by Gasteiger charge is 2.44. The molecule has 3 nitrogen and oxygen atoms in total. The van der Waals surface area contributed by atoms with Crippen LogP contribution in [0.3, 0.4) is 0 Å². The van der Waals surface area contributed by atoms with Gasteiger partial charge in [-0.2, -0.15) is 0 Å². The molecule has 2 aliphatic heterocycles. The predicted octanol–water partition coefficient (Wildman–Crippen LogP) is 2.12. The van der Waals surface area contributed by atoms with Crippen LogP contribution in [0.1, 0.15) is 20.8 Å². The van der Waals surface area contributed by atoms with Crippen molar-refractivity contribution in [3.63, 3.8) is 0 Å². The molecule has 4 heteroatoms.